The lowest BCUT2D eigenvalue weighted by atomic mass is 10.1. The smallest absolute Gasteiger partial charge is 0.410 e. The number of carbonyl (C=O) groups is 2. The van der Waals surface area contributed by atoms with Crippen molar-refractivity contribution in [2.45, 2.75) is 58.1 Å². The van der Waals surface area contributed by atoms with Crippen LogP contribution in [0, 0.1) is 5.92 Å². The number of piperidine rings is 1. The van der Waals surface area contributed by atoms with Gasteiger partial charge in [-0.2, -0.15) is 10.2 Å². The van der Waals surface area contributed by atoms with Crippen molar-refractivity contribution in [2.24, 2.45) is 5.92 Å². The molecule has 0 unspecified atom stereocenters. The molecule has 2 aliphatic rings. The topological polar surface area (TPSA) is 116 Å². The number of hydrogen-bond donors (Lipinski definition) is 1. The molecule has 1 aliphatic heterocycles. The highest BCUT2D eigenvalue weighted by Crippen LogP contribution is 2.35. The molecule has 1 N–H and O–H groups in total. The fraction of sp³-hybridized carbons (Fsp3) is 0.464. The number of fused-ring (bicyclic) bond motifs is 2. The minimum absolute atomic E-state index is 0.162. The lowest BCUT2D eigenvalue weighted by molar-refractivity contribution is 0.0185. The molecule has 11 heteroatoms. The molecule has 4 aromatic rings. The highest BCUT2D eigenvalue weighted by atomic mass is 16.6. The van der Waals surface area contributed by atoms with E-state index in [2.05, 4.69) is 15.4 Å². The quantitative estimate of drug-likeness (QED) is 0.384. The van der Waals surface area contributed by atoms with Crippen molar-refractivity contribution < 1.29 is 19.1 Å². The van der Waals surface area contributed by atoms with Gasteiger partial charge in [0.25, 0.3) is 5.91 Å². The molecular weight excluding hydrogens is 498 g/mol. The van der Waals surface area contributed by atoms with Crippen molar-refractivity contribution in [1.82, 2.24) is 29.3 Å². The molecule has 1 aliphatic carbocycles. The maximum atomic E-state index is 13.2. The van der Waals surface area contributed by atoms with E-state index in [1.165, 1.54) is 6.20 Å². The lowest BCUT2D eigenvalue weighted by Crippen LogP contribution is -2.42. The molecule has 6 rings (SSSR count). The van der Waals surface area contributed by atoms with Gasteiger partial charge in [-0.3, -0.25) is 9.48 Å². The molecule has 11 nitrogen and oxygen atoms in total. The van der Waals surface area contributed by atoms with Crippen molar-refractivity contribution in [3.8, 4) is 5.75 Å². The van der Waals surface area contributed by atoms with Gasteiger partial charge in [0.05, 0.1) is 30.0 Å². The van der Waals surface area contributed by atoms with Gasteiger partial charge < -0.3 is 19.7 Å². The molecule has 1 saturated heterocycles. The summed E-state index contributed by atoms with van der Waals surface area (Å²) >= 11 is 0. The summed E-state index contributed by atoms with van der Waals surface area (Å²) in [5.41, 5.74) is 1.74. The van der Waals surface area contributed by atoms with Crippen LogP contribution in [0.15, 0.2) is 43.0 Å². The summed E-state index contributed by atoms with van der Waals surface area (Å²) in [6, 6.07) is 5.73. The summed E-state index contributed by atoms with van der Waals surface area (Å²) < 4.78 is 15.2. The Morgan fingerprint density at radius 2 is 1.92 bits per heavy atom. The number of nitrogens with zero attached hydrogens (tertiary/aromatic N) is 6. The molecule has 0 spiro atoms. The lowest BCUT2D eigenvalue weighted by Gasteiger charge is -2.33. The third kappa shape index (κ3) is 5.52. The number of aromatic nitrogens is 5. The van der Waals surface area contributed by atoms with Gasteiger partial charge in [-0.25, -0.2) is 14.3 Å². The first kappa shape index (κ1) is 25.1. The van der Waals surface area contributed by atoms with Crippen LogP contribution in [-0.2, 0) is 4.74 Å². The monoisotopic (exact) mass is 531 g/mol. The number of amides is 2. The number of rotatable bonds is 6. The first-order valence-corrected chi connectivity index (χ1v) is 13.5. The molecular formula is C28H33N7O4. The van der Waals surface area contributed by atoms with Gasteiger partial charge in [-0.1, -0.05) is 0 Å². The summed E-state index contributed by atoms with van der Waals surface area (Å²) in [5.74, 6) is 0.846. The Labute approximate surface area is 226 Å². The molecule has 4 heterocycles. The van der Waals surface area contributed by atoms with Crippen LogP contribution in [0.5, 0.6) is 5.75 Å². The standard InChI is InChI=1S/C28H33N7O4/c1-28(2,3)39-27(37)33-11-7-20(8-12-33)35-16-19-13-23(24(14-22(19)32-35)38-17-18-5-6-18)31-26(36)21-15-30-34-10-4-9-29-25(21)34/h4,9-10,13-16,18,20H,5-8,11-12,17H2,1-3H3,(H,31,36). The Morgan fingerprint density at radius 3 is 2.67 bits per heavy atom. The average Bonchev–Trinajstić information content (AvgIpc) is 3.48. The number of nitrogens with one attached hydrogen (secondary N) is 1. The fourth-order valence-electron chi connectivity index (χ4n) is 4.78. The van der Waals surface area contributed by atoms with E-state index in [1.54, 1.807) is 27.9 Å². The zero-order chi connectivity index (χ0) is 27.1. The van der Waals surface area contributed by atoms with E-state index in [1.807, 2.05) is 43.8 Å². The zero-order valence-corrected chi connectivity index (χ0v) is 22.5. The van der Waals surface area contributed by atoms with Crippen LogP contribution in [0.2, 0.25) is 0 Å². The number of likely N-dealkylation sites (tertiary alicyclic amines) is 1. The van der Waals surface area contributed by atoms with Crippen LogP contribution in [0.3, 0.4) is 0 Å². The van der Waals surface area contributed by atoms with E-state index in [-0.39, 0.29) is 18.0 Å². The van der Waals surface area contributed by atoms with Crippen LogP contribution in [0.4, 0.5) is 10.5 Å². The summed E-state index contributed by atoms with van der Waals surface area (Å²) in [6.45, 7) is 7.46. The first-order valence-electron chi connectivity index (χ1n) is 13.5. The predicted octanol–water partition coefficient (Wildman–Crippen LogP) is 4.69. The number of carbonyl (C=O) groups excluding carboxylic acids is 2. The van der Waals surface area contributed by atoms with E-state index in [0.717, 1.165) is 36.6 Å². The third-order valence-electron chi connectivity index (χ3n) is 7.06. The van der Waals surface area contributed by atoms with Gasteiger partial charge >= 0.3 is 6.09 Å². The van der Waals surface area contributed by atoms with Crippen molar-refractivity contribution >= 4 is 34.2 Å². The Bertz CT molecular complexity index is 1520. The minimum atomic E-state index is -0.512. The first-order chi connectivity index (χ1) is 18.7. The second kappa shape index (κ2) is 9.87. The predicted molar refractivity (Wildman–Crippen MR) is 145 cm³/mol. The van der Waals surface area contributed by atoms with Crippen molar-refractivity contribution in [3.63, 3.8) is 0 Å². The van der Waals surface area contributed by atoms with Crippen LogP contribution in [0.25, 0.3) is 16.6 Å². The van der Waals surface area contributed by atoms with Crippen molar-refractivity contribution in [2.75, 3.05) is 25.0 Å². The number of benzene rings is 1. The summed E-state index contributed by atoms with van der Waals surface area (Å²) in [7, 11) is 0. The molecule has 2 amide bonds. The zero-order valence-electron chi connectivity index (χ0n) is 22.5. The maximum absolute atomic E-state index is 13.2. The number of anilines is 1. The molecule has 0 bridgehead atoms. The number of hydrogen-bond acceptors (Lipinski definition) is 7. The third-order valence-corrected chi connectivity index (χ3v) is 7.06. The molecule has 1 saturated carbocycles. The summed E-state index contributed by atoms with van der Waals surface area (Å²) in [4.78, 5) is 31.7. The molecule has 1 aromatic carbocycles. The molecule has 3 aromatic heterocycles. The normalized spacial score (nSPS) is 16.5. The Balaban J connectivity index is 1.22. The van der Waals surface area contributed by atoms with E-state index < -0.39 is 5.60 Å². The Morgan fingerprint density at radius 1 is 1.13 bits per heavy atom. The van der Waals surface area contributed by atoms with Gasteiger partial charge in [-0.15, -0.1) is 0 Å². The second-order valence-electron chi connectivity index (χ2n) is 11.4. The maximum Gasteiger partial charge on any atom is 0.410 e. The molecule has 2 fully saturated rings. The number of ether oxygens (including phenoxy) is 2. The van der Waals surface area contributed by atoms with Crippen LogP contribution < -0.4 is 10.1 Å². The van der Waals surface area contributed by atoms with Gasteiger partial charge in [0, 0.05) is 43.1 Å². The molecule has 39 heavy (non-hydrogen) atoms. The molecule has 0 atom stereocenters. The second-order valence-corrected chi connectivity index (χ2v) is 11.4. The Hall–Kier alpha value is -4.15. The van der Waals surface area contributed by atoms with Gasteiger partial charge in [0.1, 0.15) is 16.9 Å². The highest BCUT2D eigenvalue weighted by molar-refractivity contribution is 6.09. The average molecular weight is 532 g/mol. The van der Waals surface area contributed by atoms with Crippen molar-refractivity contribution in [1.29, 1.82) is 0 Å². The molecule has 204 valence electrons. The highest BCUT2D eigenvalue weighted by Gasteiger charge is 2.28. The van der Waals surface area contributed by atoms with E-state index >= 15 is 0 Å². The van der Waals surface area contributed by atoms with Crippen LogP contribution in [-0.4, -0.2) is 66.6 Å². The van der Waals surface area contributed by atoms with Crippen LogP contribution in [0.1, 0.15) is 62.9 Å². The van der Waals surface area contributed by atoms with E-state index in [4.69, 9.17) is 14.6 Å². The summed E-state index contributed by atoms with van der Waals surface area (Å²) in [6.07, 6.45) is 10.5. The van der Waals surface area contributed by atoms with Gasteiger partial charge in [0.2, 0.25) is 0 Å². The molecule has 0 radical (unpaired) electrons. The largest absolute Gasteiger partial charge is 0.491 e. The fourth-order valence-corrected chi connectivity index (χ4v) is 4.78. The SMILES string of the molecule is CC(C)(C)OC(=O)N1CCC(n2cc3cc(NC(=O)c4cnn5cccnc45)c(OCC4CC4)cc3n2)CC1. The van der Waals surface area contributed by atoms with E-state index in [9.17, 15) is 9.59 Å². The van der Waals surface area contributed by atoms with Crippen LogP contribution >= 0.6 is 0 Å². The minimum Gasteiger partial charge on any atom is -0.491 e. The Kier molecular flexibility index (Phi) is 6.36. The van der Waals surface area contributed by atoms with Gasteiger partial charge in [0.15, 0.2) is 5.65 Å². The van der Waals surface area contributed by atoms with Crippen molar-refractivity contribution in [3.05, 3.63) is 48.5 Å². The van der Waals surface area contributed by atoms with Gasteiger partial charge in [-0.05, 0) is 64.5 Å². The van der Waals surface area contributed by atoms with E-state index in [0.29, 0.717) is 48.3 Å². The summed E-state index contributed by atoms with van der Waals surface area (Å²) in [5, 5.41) is 13.0.